The first kappa shape index (κ1) is 11.1. The molecular weight excluding hydrogens is 196 g/mol. The number of carbonyl (C=O) groups is 1. The Morgan fingerprint density at radius 1 is 1.25 bits per heavy atom. The van der Waals surface area contributed by atoms with Crippen LogP contribution in [0.1, 0.15) is 48.5 Å². The normalized spacial score (nSPS) is 15.7. The van der Waals surface area contributed by atoms with Gasteiger partial charge in [-0.2, -0.15) is 0 Å². The highest BCUT2D eigenvalue weighted by Crippen LogP contribution is 2.23. The molecule has 1 aromatic carbocycles. The summed E-state index contributed by atoms with van der Waals surface area (Å²) >= 11 is 0. The lowest BCUT2D eigenvalue weighted by Crippen LogP contribution is -2.08. The van der Waals surface area contributed by atoms with E-state index in [1.807, 2.05) is 18.2 Å². The highest BCUT2D eigenvalue weighted by Gasteiger charge is 2.16. The largest absolute Gasteiger partial charge is 0.289 e. The van der Waals surface area contributed by atoms with Crippen molar-refractivity contribution in [3.8, 4) is 0 Å². The summed E-state index contributed by atoms with van der Waals surface area (Å²) in [5.74, 6) is 0.247. The monoisotopic (exact) mass is 214 g/mol. The van der Waals surface area contributed by atoms with E-state index in [-0.39, 0.29) is 5.78 Å². The van der Waals surface area contributed by atoms with E-state index in [0.717, 1.165) is 36.8 Å². The van der Waals surface area contributed by atoms with Gasteiger partial charge in [0, 0.05) is 5.56 Å². The molecule has 0 radical (unpaired) electrons. The van der Waals surface area contributed by atoms with Gasteiger partial charge >= 0.3 is 0 Å². The Balaban J connectivity index is 2.29. The van der Waals surface area contributed by atoms with Gasteiger partial charge in [-0.1, -0.05) is 37.3 Å². The number of allylic oxidation sites excluding steroid dienone is 2. The Morgan fingerprint density at radius 2 is 2.06 bits per heavy atom. The third-order valence-electron chi connectivity index (χ3n) is 3.23. The molecule has 0 saturated heterocycles. The van der Waals surface area contributed by atoms with E-state index in [1.54, 1.807) is 0 Å². The first-order valence-electron chi connectivity index (χ1n) is 6.14. The number of rotatable bonds is 3. The van der Waals surface area contributed by atoms with Crippen molar-refractivity contribution in [2.75, 3.05) is 0 Å². The number of aryl methyl sites for hydroxylation is 1. The van der Waals surface area contributed by atoms with Crippen LogP contribution in [0, 0.1) is 0 Å². The van der Waals surface area contributed by atoms with Crippen molar-refractivity contribution in [1.29, 1.82) is 0 Å². The molecule has 1 aliphatic carbocycles. The summed E-state index contributed by atoms with van der Waals surface area (Å²) < 4.78 is 0. The molecule has 0 saturated carbocycles. The lowest BCUT2D eigenvalue weighted by molar-refractivity contribution is 0.102. The minimum atomic E-state index is 0.247. The summed E-state index contributed by atoms with van der Waals surface area (Å²) in [6, 6.07) is 7.97. The number of ketones is 1. The predicted molar refractivity (Wildman–Crippen MR) is 66.7 cm³/mol. The molecule has 1 nitrogen and oxygen atoms in total. The van der Waals surface area contributed by atoms with E-state index < -0.39 is 0 Å². The minimum absolute atomic E-state index is 0.247. The second-order valence-corrected chi connectivity index (χ2v) is 4.31. The van der Waals surface area contributed by atoms with Crippen LogP contribution < -0.4 is 0 Å². The van der Waals surface area contributed by atoms with Gasteiger partial charge in [0.15, 0.2) is 5.78 Å². The molecule has 0 aliphatic heterocycles. The van der Waals surface area contributed by atoms with E-state index >= 15 is 0 Å². The molecule has 0 bridgehead atoms. The van der Waals surface area contributed by atoms with Crippen LogP contribution in [0.2, 0.25) is 0 Å². The second-order valence-electron chi connectivity index (χ2n) is 4.31. The average molecular weight is 214 g/mol. The highest BCUT2D eigenvalue weighted by atomic mass is 16.1. The highest BCUT2D eigenvalue weighted by molar-refractivity contribution is 6.09. The topological polar surface area (TPSA) is 17.1 Å². The Morgan fingerprint density at radius 3 is 2.75 bits per heavy atom. The van der Waals surface area contributed by atoms with E-state index in [2.05, 4.69) is 19.1 Å². The summed E-state index contributed by atoms with van der Waals surface area (Å²) in [4.78, 5) is 12.3. The van der Waals surface area contributed by atoms with Crippen LogP contribution in [0.4, 0.5) is 0 Å². The van der Waals surface area contributed by atoms with Crippen molar-refractivity contribution in [1.82, 2.24) is 0 Å². The molecule has 0 fully saturated rings. The van der Waals surface area contributed by atoms with E-state index in [4.69, 9.17) is 0 Å². The number of benzene rings is 1. The summed E-state index contributed by atoms with van der Waals surface area (Å²) in [5.41, 5.74) is 3.09. The van der Waals surface area contributed by atoms with Crippen molar-refractivity contribution < 1.29 is 4.79 Å². The predicted octanol–water partition coefficient (Wildman–Crippen LogP) is 3.93. The molecule has 0 aromatic heterocycles. The second kappa shape index (κ2) is 5.11. The third-order valence-corrected chi connectivity index (χ3v) is 3.23. The van der Waals surface area contributed by atoms with Gasteiger partial charge in [0.2, 0.25) is 0 Å². The van der Waals surface area contributed by atoms with Crippen LogP contribution >= 0.6 is 0 Å². The minimum Gasteiger partial charge on any atom is -0.289 e. The number of Topliss-reactive ketones (excluding diaryl/α,β-unsaturated/α-hetero) is 1. The summed E-state index contributed by atoms with van der Waals surface area (Å²) in [5, 5.41) is 0. The molecule has 84 valence electrons. The first-order chi connectivity index (χ1) is 7.83. The van der Waals surface area contributed by atoms with Gasteiger partial charge < -0.3 is 0 Å². The average Bonchev–Trinajstić information content (AvgIpc) is 2.39. The fraction of sp³-hybridized carbons (Fsp3) is 0.400. The van der Waals surface area contributed by atoms with Crippen LogP contribution in [-0.4, -0.2) is 5.78 Å². The van der Waals surface area contributed by atoms with Gasteiger partial charge in [0.05, 0.1) is 0 Å². The van der Waals surface area contributed by atoms with Gasteiger partial charge in [0.25, 0.3) is 0 Å². The molecule has 1 aromatic rings. The molecule has 16 heavy (non-hydrogen) atoms. The number of hydrogen-bond donors (Lipinski definition) is 0. The Labute approximate surface area is 97.2 Å². The van der Waals surface area contributed by atoms with E-state index in [0.29, 0.717) is 0 Å². The summed E-state index contributed by atoms with van der Waals surface area (Å²) in [7, 11) is 0. The van der Waals surface area contributed by atoms with Crippen LogP contribution in [0.15, 0.2) is 35.9 Å². The van der Waals surface area contributed by atoms with Gasteiger partial charge in [-0.3, -0.25) is 4.79 Å². The molecular formula is C15H18O. The van der Waals surface area contributed by atoms with Crippen molar-refractivity contribution in [3.05, 3.63) is 47.0 Å². The van der Waals surface area contributed by atoms with Gasteiger partial charge in [-0.15, -0.1) is 0 Å². The molecule has 0 N–H and O–H groups in total. The SMILES string of the molecule is CCc1ccccc1C(=O)C1=CCCCC1. The first-order valence-corrected chi connectivity index (χ1v) is 6.14. The maximum absolute atomic E-state index is 12.3. The van der Waals surface area contributed by atoms with E-state index in [9.17, 15) is 4.79 Å². The Kier molecular flexibility index (Phi) is 3.55. The Bertz CT molecular complexity index is 415. The molecule has 0 amide bonds. The van der Waals surface area contributed by atoms with Crippen molar-refractivity contribution in [2.24, 2.45) is 0 Å². The smallest absolute Gasteiger partial charge is 0.188 e. The van der Waals surface area contributed by atoms with Crippen molar-refractivity contribution in [3.63, 3.8) is 0 Å². The zero-order valence-corrected chi connectivity index (χ0v) is 9.83. The summed E-state index contributed by atoms with van der Waals surface area (Å²) in [6.45, 7) is 2.10. The zero-order valence-electron chi connectivity index (χ0n) is 9.83. The molecule has 0 heterocycles. The molecule has 0 spiro atoms. The lowest BCUT2D eigenvalue weighted by atomic mass is 9.90. The number of hydrogen-bond acceptors (Lipinski definition) is 1. The maximum atomic E-state index is 12.3. The quantitative estimate of drug-likeness (QED) is 0.697. The summed E-state index contributed by atoms with van der Waals surface area (Å²) in [6.07, 6.45) is 7.46. The maximum Gasteiger partial charge on any atom is 0.188 e. The molecule has 0 atom stereocenters. The van der Waals surface area contributed by atoms with Gasteiger partial charge in [-0.05, 0) is 43.2 Å². The lowest BCUT2D eigenvalue weighted by Gasteiger charge is -2.13. The van der Waals surface area contributed by atoms with Crippen molar-refractivity contribution in [2.45, 2.75) is 39.0 Å². The fourth-order valence-corrected chi connectivity index (χ4v) is 2.27. The molecule has 0 unspecified atom stereocenters. The zero-order chi connectivity index (χ0) is 11.4. The fourth-order valence-electron chi connectivity index (χ4n) is 2.27. The van der Waals surface area contributed by atoms with Crippen LogP contribution in [0.25, 0.3) is 0 Å². The van der Waals surface area contributed by atoms with Crippen LogP contribution in [-0.2, 0) is 6.42 Å². The van der Waals surface area contributed by atoms with Crippen LogP contribution in [0.5, 0.6) is 0 Å². The van der Waals surface area contributed by atoms with Crippen LogP contribution in [0.3, 0.4) is 0 Å². The van der Waals surface area contributed by atoms with Crippen molar-refractivity contribution >= 4 is 5.78 Å². The Hall–Kier alpha value is -1.37. The van der Waals surface area contributed by atoms with Gasteiger partial charge in [0.1, 0.15) is 0 Å². The molecule has 2 rings (SSSR count). The standard InChI is InChI=1S/C15H18O/c1-2-12-8-6-7-11-14(12)15(16)13-9-4-3-5-10-13/h6-9,11H,2-5,10H2,1H3. The van der Waals surface area contributed by atoms with E-state index in [1.165, 1.54) is 12.0 Å². The van der Waals surface area contributed by atoms with Gasteiger partial charge in [-0.25, -0.2) is 0 Å². The number of carbonyl (C=O) groups excluding carboxylic acids is 1. The molecule has 1 aliphatic rings. The third kappa shape index (κ3) is 2.24. The molecule has 1 heteroatoms.